The normalized spacial score (nSPS) is 9.30. The molecule has 0 aromatic heterocycles. The van der Waals surface area contributed by atoms with Gasteiger partial charge in [-0.15, -0.1) is 0 Å². The largest absolute Gasteiger partial charge is 0.271 e. The molecule has 2 heteroatoms. The van der Waals surface area contributed by atoms with E-state index in [1.807, 2.05) is 18.9 Å². The first kappa shape index (κ1) is 9.21. The molecule has 0 bridgehead atoms. The highest BCUT2D eigenvalue weighted by molar-refractivity contribution is 5.78. The molecule has 0 aliphatic carbocycles. The molecule has 58 valence electrons. The maximum absolute atomic E-state index is 4.23. The fraction of sp³-hybridized carbons (Fsp3) is 0.625. The maximum Gasteiger partial charge on any atom is 0.0462 e. The highest BCUT2D eigenvalue weighted by Gasteiger charge is 1.98. The van der Waals surface area contributed by atoms with E-state index in [-0.39, 0.29) is 0 Å². The van der Waals surface area contributed by atoms with E-state index in [2.05, 4.69) is 25.5 Å². The monoisotopic (exact) mass is 140 g/mol. The Kier molecular flexibility index (Phi) is 3.77. The Morgan fingerprint density at radius 1 is 1.50 bits per heavy atom. The summed E-state index contributed by atoms with van der Waals surface area (Å²) in [6.45, 7) is 11.8. The van der Waals surface area contributed by atoms with E-state index in [4.69, 9.17) is 0 Å². The van der Waals surface area contributed by atoms with Crippen LogP contribution in [0.2, 0.25) is 0 Å². The van der Waals surface area contributed by atoms with Crippen LogP contribution in [-0.4, -0.2) is 16.8 Å². The van der Waals surface area contributed by atoms with Crippen molar-refractivity contribution < 1.29 is 0 Å². The predicted molar refractivity (Wildman–Crippen MR) is 46.0 cm³/mol. The van der Waals surface area contributed by atoms with E-state index in [1.165, 1.54) is 0 Å². The molecule has 0 rings (SSSR count). The third-order valence-corrected chi connectivity index (χ3v) is 1.03. The van der Waals surface area contributed by atoms with Gasteiger partial charge in [-0.2, -0.15) is 5.10 Å². The number of hydrazone groups is 1. The van der Waals surface area contributed by atoms with Gasteiger partial charge >= 0.3 is 0 Å². The first-order valence-corrected chi connectivity index (χ1v) is 3.50. The Balaban J connectivity index is 4.09. The topological polar surface area (TPSA) is 15.6 Å². The summed E-state index contributed by atoms with van der Waals surface area (Å²) < 4.78 is 0. The molecule has 0 N–H and O–H groups in total. The average molecular weight is 140 g/mol. The van der Waals surface area contributed by atoms with Crippen LogP contribution in [0.25, 0.3) is 0 Å². The summed E-state index contributed by atoms with van der Waals surface area (Å²) in [5.74, 6) is 0. The Morgan fingerprint density at radius 2 is 2.00 bits per heavy atom. The van der Waals surface area contributed by atoms with E-state index in [0.29, 0.717) is 6.04 Å². The van der Waals surface area contributed by atoms with Crippen LogP contribution in [0.5, 0.6) is 0 Å². The van der Waals surface area contributed by atoms with Gasteiger partial charge in [0.05, 0.1) is 0 Å². The van der Waals surface area contributed by atoms with Gasteiger partial charge < -0.3 is 0 Å². The zero-order valence-electron chi connectivity index (χ0n) is 7.26. The minimum atomic E-state index is 0.396. The quantitative estimate of drug-likeness (QED) is 0.433. The second kappa shape index (κ2) is 4.09. The van der Waals surface area contributed by atoms with E-state index < -0.39 is 0 Å². The van der Waals surface area contributed by atoms with Crippen LogP contribution >= 0.6 is 0 Å². The number of rotatable bonds is 3. The van der Waals surface area contributed by atoms with Crippen molar-refractivity contribution in [3.05, 3.63) is 12.8 Å². The molecule has 0 amide bonds. The van der Waals surface area contributed by atoms with Gasteiger partial charge in [-0.05, 0) is 27.7 Å². The molecule has 10 heavy (non-hydrogen) atoms. The van der Waals surface area contributed by atoms with Crippen LogP contribution in [0.1, 0.15) is 27.7 Å². The standard InChI is InChI=1S/C8H16N2/c1-6-10(8(4)5)9-7(2)3/h6,8H,1H2,2-5H3. The molecular weight excluding hydrogens is 124 g/mol. The Morgan fingerprint density at radius 3 is 2.10 bits per heavy atom. The van der Waals surface area contributed by atoms with Gasteiger partial charge in [0, 0.05) is 18.0 Å². The predicted octanol–water partition coefficient (Wildman–Crippen LogP) is 2.24. The second-order valence-electron chi connectivity index (χ2n) is 2.70. The Bertz CT molecular complexity index is 132. The molecule has 0 saturated heterocycles. The zero-order valence-corrected chi connectivity index (χ0v) is 7.26. The molecule has 0 aromatic carbocycles. The van der Waals surface area contributed by atoms with Crippen molar-refractivity contribution in [3.63, 3.8) is 0 Å². The van der Waals surface area contributed by atoms with Crippen molar-refractivity contribution >= 4 is 5.71 Å². The van der Waals surface area contributed by atoms with Gasteiger partial charge in [-0.1, -0.05) is 6.58 Å². The highest BCUT2D eigenvalue weighted by atomic mass is 15.5. The summed E-state index contributed by atoms with van der Waals surface area (Å²) in [7, 11) is 0. The van der Waals surface area contributed by atoms with Gasteiger partial charge in [0.25, 0.3) is 0 Å². The van der Waals surface area contributed by atoms with Crippen molar-refractivity contribution in [2.45, 2.75) is 33.7 Å². The summed E-state index contributed by atoms with van der Waals surface area (Å²) >= 11 is 0. The van der Waals surface area contributed by atoms with E-state index >= 15 is 0 Å². The fourth-order valence-electron chi connectivity index (χ4n) is 0.598. The van der Waals surface area contributed by atoms with Crippen molar-refractivity contribution in [1.29, 1.82) is 0 Å². The Hall–Kier alpha value is -0.790. The summed E-state index contributed by atoms with van der Waals surface area (Å²) in [6.07, 6.45) is 1.73. The molecule has 0 fully saturated rings. The minimum Gasteiger partial charge on any atom is -0.271 e. The lowest BCUT2D eigenvalue weighted by Crippen LogP contribution is -2.19. The smallest absolute Gasteiger partial charge is 0.0462 e. The van der Waals surface area contributed by atoms with Crippen molar-refractivity contribution in [3.8, 4) is 0 Å². The van der Waals surface area contributed by atoms with E-state index in [9.17, 15) is 0 Å². The van der Waals surface area contributed by atoms with E-state index in [0.717, 1.165) is 5.71 Å². The SMILES string of the molecule is C=CN(N=C(C)C)C(C)C. The van der Waals surface area contributed by atoms with E-state index in [1.54, 1.807) is 6.20 Å². The molecule has 0 unspecified atom stereocenters. The average Bonchev–Trinajstić information content (AvgIpc) is 1.81. The van der Waals surface area contributed by atoms with Crippen LogP contribution in [0.4, 0.5) is 0 Å². The fourth-order valence-corrected chi connectivity index (χ4v) is 0.598. The van der Waals surface area contributed by atoms with Crippen LogP contribution in [-0.2, 0) is 0 Å². The molecule has 0 spiro atoms. The Labute approximate surface area is 63.2 Å². The second-order valence-corrected chi connectivity index (χ2v) is 2.70. The van der Waals surface area contributed by atoms with Gasteiger partial charge in [0.15, 0.2) is 0 Å². The lowest BCUT2D eigenvalue weighted by Gasteiger charge is -2.18. The molecule has 0 heterocycles. The molecular formula is C8H16N2. The molecule has 0 aliphatic heterocycles. The number of hydrogen-bond acceptors (Lipinski definition) is 2. The van der Waals surface area contributed by atoms with Crippen molar-refractivity contribution in [2.24, 2.45) is 5.10 Å². The van der Waals surface area contributed by atoms with Crippen molar-refractivity contribution in [1.82, 2.24) is 5.01 Å². The van der Waals surface area contributed by atoms with Crippen molar-refractivity contribution in [2.75, 3.05) is 0 Å². The third-order valence-electron chi connectivity index (χ3n) is 1.03. The van der Waals surface area contributed by atoms with Gasteiger partial charge in [-0.3, -0.25) is 5.01 Å². The lowest BCUT2D eigenvalue weighted by atomic mass is 10.4. The summed E-state index contributed by atoms with van der Waals surface area (Å²) in [4.78, 5) is 0. The minimum absolute atomic E-state index is 0.396. The third kappa shape index (κ3) is 3.28. The summed E-state index contributed by atoms with van der Waals surface area (Å²) in [5.41, 5.74) is 1.05. The van der Waals surface area contributed by atoms with Crippen LogP contribution < -0.4 is 0 Å². The highest BCUT2D eigenvalue weighted by Crippen LogP contribution is 1.98. The zero-order chi connectivity index (χ0) is 8.15. The molecule has 0 radical (unpaired) electrons. The number of nitrogens with zero attached hydrogens (tertiary/aromatic N) is 2. The molecule has 2 nitrogen and oxygen atoms in total. The molecule has 0 saturated carbocycles. The first-order chi connectivity index (χ1) is 4.57. The molecule has 0 aliphatic rings. The van der Waals surface area contributed by atoms with Gasteiger partial charge in [-0.25, -0.2) is 0 Å². The lowest BCUT2D eigenvalue weighted by molar-refractivity contribution is 0.328. The summed E-state index contributed by atoms with van der Waals surface area (Å²) in [5, 5.41) is 6.07. The first-order valence-electron chi connectivity index (χ1n) is 3.50. The van der Waals surface area contributed by atoms with Gasteiger partial charge in [0.1, 0.15) is 0 Å². The van der Waals surface area contributed by atoms with Gasteiger partial charge in [0.2, 0.25) is 0 Å². The van der Waals surface area contributed by atoms with Crippen LogP contribution in [0.15, 0.2) is 17.9 Å². The molecule has 0 aromatic rings. The summed E-state index contributed by atoms with van der Waals surface area (Å²) in [6, 6.07) is 0.396. The van der Waals surface area contributed by atoms with Crippen LogP contribution in [0.3, 0.4) is 0 Å². The number of hydrogen-bond donors (Lipinski definition) is 0. The maximum atomic E-state index is 4.23. The van der Waals surface area contributed by atoms with Crippen LogP contribution in [0, 0.1) is 0 Å². The molecule has 0 atom stereocenters.